The molecule has 1 heterocycles. The van der Waals surface area contributed by atoms with Gasteiger partial charge in [-0.3, -0.25) is 4.79 Å². The minimum atomic E-state index is -0.0631. The van der Waals surface area contributed by atoms with Crippen LogP contribution in [0.3, 0.4) is 0 Å². The normalized spacial score (nSPS) is 14.3. The number of ether oxygens (including phenoxy) is 1. The molecule has 1 aromatic rings. The van der Waals surface area contributed by atoms with Crippen molar-refractivity contribution in [1.29, 1.82) is 0 Å². The van der Waals surface area contributed by atoms with Crippen molar-refractivity contribution in [2.45, 2.75) is 38.8 Å². The minimum Gasteiger partial charge on any atom is -0.473 e. The molecule has 0 spiro atoms. The van der Waals surface area contributed by atoms with Gasteiger partial charge in [0, 0.05) is 6.04 Å². The number of aromatic nitrogens is 2. The van der Waals surface area contributed by atoms with Crippen molar-refractivity contribution in [2.24, 2.45) is 0 Å². The smallest absolute Gasteiger partial charge is 0.242 e. The number of carbonyl (C=O) groups is 1. The van der Waals surface area contributed by atoms with Gasteiger partial charge in [-0.1, -0.05) is 0 Å². The zero-order valence-electron chi connectivity index (χ0n) is 11.1. The van der Waals surface area contributed by atoms with Crippen LogP contribution in [0, 0.1) is 0 Å². The maximum absolute atomic E-state index is 11.6. The zero-order chi connectivity index (χ0) is 13.8. The third kappa shape index (κ3) is 3.97. The molecule has 0 atom stereocenters. The molecule has 7 heteroatoms. The lowest BCUT2D eigenvalue weighted by Gasteiger charge is -2.13. The highest BCUT2D eigenvalue weighted by Crippen LogP contribution is 2.25. The Kier molecular flexibility index (Phi) is 4.03. The molecule has 1 aromatic heterocycles. The Morgan fingerprint density at radius 2 is 2.26 bits per heavy atom. The van der Waals surface area contributed by atoms with Gasteiger partial charge in [0.1, 0.15) is 12.0 Å². The Hall–Kier alpha value is -2.05. The summed E-state index contributed by atoms with van der Waals surface area (Å²) in [4.78, 5) is 19.5. The number of anilines is 2. The van der Waals surface area contributed by atoms with Gasteiger partial charge in [0.05, 0.1) is 12.6 Å². The Morgan fingerprint density at radius 3 is 2.89 bits per heavy atom. The number of nitrogens with two attached hydrogens (primary N) is 1. The molecule has 19 heavy (non-hydrogen) atoms. The van der Waals surface area contributed by atoms with Gasteiger partial charge in [0.25, 0.3) is 0 Å². The average Bonchev–Trinajstić information content (AvgIpc) is 3.13. The van der Waals surface area contributed by atoms with Gasteiger partial charge in [0.2, 0.25) is 11.8 Å². The number of hydrogen-bond acceptors (Lipinski definition) is 6. The Labute approximate surface area is 111 Å². The molecule has 1 amide bonds. The number of hydrogen-bond donors (Lipinski definition) is 3. The highest BCUT2D eigenvalue weighted by molar-refractivity contribution is 5.82. The van der Waals surface area contributed by atoms with Gasteiger partial charge in [-0.25, -0.2) is 4.98 Å². The summed E-state index contributed by atoms with van der Waals surface area (Å²) in [5.41, 5.74) is 6.20. The van der Waals surface area contributed by atoms with E-state index in [0.29, 0.717) is 23.4 Å². The zero-order valence-corrected chi connectivity index (χ0v) is 11.1. The van der Waals surface area contributed by atoms with E-state index in [-0.39, 0.29) is 18.6 Å². The minimum absolute atomic E-state index is 0.0248. The second-order valence-corrected chi connectivity index (χ2v) is 4.80. The Morgan fingerprint density at radius 1 is 1.53 bits per heavy atom. The van der Waals surface area contributed by atoms with Crippen LogP contribution in [0.4, 0.5) is 11.5 Å². The van der Waals surface area contributed by atoms with Gasteiger partial charge in [-0.2, -0.15) is 4.98 Å². The molecule has 0 aliphatic heterocycles. The fraction of sp³-hybridized carbons (Fsp3) is 0.583. The van der Waals surface area contributed by atoms with E-state index in [1.165, 1.54) is 6.33 Å². The number of carbonyl (C=O) groups excluding carboxylic acids is 1. The predicted octanol–water partition coefficient (Wildman–Crippen LogP) is 0.536. The van der Waals surface area contributed by atoms with E-state index in [1.54, 1.807) is 0 Å². The summed E-state index contributed by atoms with van der Waals surface area (Å²) in [5.74, 6) is 0.679. The second-order valence-electron chi connectivity index (χ2n) is 4.80. The van der Waals surface area contributed by atoms with Crippen LogP contribution >= 0.6 is 0 Å². The van der Waals surface area contributed by atoms with E-state index in [2.05, 4.69) is 20.6 Å². The van der Waals surface area contributed by atoms with Crippen LogP contribution in [0.25, 0.3) is 0 Å². The number of nitrogens with zero attached hydrogens (tertiary/aromatic N) is 2. The van der Waals surface area contributed by atoms with E-state index >= 15 is 0 Å². The van der Waals surface area contributed by atoms with Crippen molar-refractivity contribution in [3.05, 3.63) is 6.33 Å². The lowest BCUT2D eigenvalue weighted by Crippen LogP contribution is -2.31. The first-order valence-corrected chi connectivity index (χ1v) is 6.36. The molecular formula is C12H19N5O2. The largest absolute Gasteiger partial charge is 0.473 e. The summed E-state index contributed by atoms with van der Waals surface area (Å²) in [7, 11) is 0. The Balaban J connectivity index is 1.93. The summed E-state index contributed by atoms with van der Waals surface area (Å²) in [6, 6.07) is 0.344. The molecule has 7 nitrogen and oxygen atoms in total. The van der Waals surface area contributed by atoms with Crippen LogP contribution in [-0.2, 0) is 4.79 Å². The molecule has 0 bridgehead atoms. The third-order valence-electron chi connectivity index (χ3n) is 2.55. The number of rotatable bonds is 6. The molecule has 2 rings (SSSR count). The lowest BCUT2D eigenvalue weighted by molar-refractivity contribution is -0.119. The number of nitrogens with one attached hydrogen (secondary N) is 2. The first kappa shape index (κ1) is 13.4. The van der Waals surface area contributed by atoms with Crippen LogP contribution in [0.1, 0.15) is 26.7 Å². The fourth-order valence-electron chi connectivity index (χ4n) is 1.51. The van der Waals surface area contributed by atoms with Crippen LogP contribution in [0.5, 0.6) is 5.88 Å². The summed E-state index contributed by atoms with van der Waals surface area (Å²) in [5, 5.41) is 5.76. The molecule has 1 aliphatic rings. The molecule has 0 saturated heterocycles. The van der Waals surface area contributed by atoms with Gasteiger partial charge in [0.15, 0.2) is 5.82 Å². The summed E-state index contributed by atoms with van der Waals surface area (Å²) in [6.07, 6.45) is 3.46. The van der Waals surface area contributed by atoms with Crippen molar-refractivity contribution in [1.82, 2.24) is 15.3 Å². The molecule has 1 saturated carbocycles. The van der Waals surface area contributed by atoms with Crippen LogP contribution in [-0.4, -0.2) is 34.6 Å². The Bertz CT molecular complexity index is 459. The maximum Gasteiger partial charge on any atom is 0.242 e. The molecule has 0 aromatic carbocycles. The van der Waals surface area contributed by atoms with Gasteiger partial charge < -0.3 is 21.1 Å². The van der Waals surface area contributed by atoms with Crippen LogP contribution in [0.2, 0.25) is 0 Å². The highest BCUT2D eigenvalue weighted by atomic mass is 16.5. The van der Waals surface area contributed by atoms with Crippen molar-refractivity contribution >= 4 is 17.4 Å². The quantitative estimate of drug-likeness (QED) is 0.693. The third-order valence-corrected chi connectivity index (χ3v) is 2.55. The average molecular weight is 265 g/mol. The lowest BCUT2D eigenvalue weighted by atomic mass is 10.4. The van der Waals surface area contributed by atoms with E-state index < -0.39 is 0 Å². The van der Waals surface area contributed by atoms with Crippen molar-refractivity contribution in [2.75, 3.05) is 17.6 Å². The summed E-state index contributed by atoms with van der Waals surface area (Å²) >= 11 is 0. The number of amides is 1. The van der Waals surface area contributed by atoms with Gasteiger partial charge in [-0.05, 0) is 26.7 Å². The topological polar surface area (TPSA) is 102 Å². The van der Waals surface area contributed by atoms with E-state index in [0.717, 1.165) is 12.8 Å². The second kappa shape index (κ2) is 5.73. The first-order chi connectivity index (χ1) is 9.06. The first-order valence-electron chi connectivity index (χ1n) is 6.36. The van der Waals surface area contributed by atoms with E-state index in [1.807, 2.05) is 13.8 Å². The standard InChI is InChI=1S/C12H19N5O2/c1-7(2)19-12-10(13)11(15-6-16-12)14-5-9(18)17-8-3-4-8/h6-8H,3-5,13H2,1-2H3,(H,17,18)(H,14,15,16). The molecule has 104 valence electrons. The number of nitrogen functional groups attached to an aromatic ring is 1. The summed E-state index contributed by atoms with van der Waals surface area (Å²) < 4.78 is 5.45. The molecule has 0 radical (unpaired) electrons. The van der Waals surface area contributed by atoms with Crippen LogP contribution in [0.15, 0.2) is 6.33 Å². The molecule has 1 aliphatic carbocycles. The fourth-order valence-corrected chi connectivity index (χ4v) is 1.51. The van der Waals surface area contributed by atoms with Crippen molar-refractivity contribution in [3.8, 4) is 5.88 Å². The van der Waals surface area contributed by atoms with Crippen molar-refractivity contribution < 1.29 is 9.53 Å². The SMILES string of the molecule is CC(C)Oc1ncnc(NCC(=O)NC2CC2)c1N. The highest BCUT2D eigenvalue weighted by Gasteiger charge is 2.23. The maximum atomic E-state index is 11.6. The summed E-state index contributed by atoms with van der Waals surface area (Å²) in [6.45, 7) is 3.91. The van der Waals surface area contributed by atoms with Crippen molar-refractivity contribution in [3.63, 3.8) is 0 Å². The molecule has 0 unspecified atom stereocenters. The molecular weight excluding hydrogens is 246 g/mol. The van der Waals surface area contributed by atoms with Crippen LogP contribution < -0.4 is 21.1 Å². The van der Waals surface area contributed by atoms with Gasteiger partial charge in [-0.15, -0.1) is 0 Å². The van der Waals surface area contributed by atoms with E-state index in [9.17, 15) is 4.79 Å². The van der Waals surface area contributed by atoms with E-state index in [4.69, 9.17) is 10.5 Å². The predicted molar refractivity (Wildman–Crippen MR) is 71.9 cm³/mol. The molecule has 1 fully saturated rings. The monoisotopic (exact) mass is 265 g/mol. The molecule has 4 N–H and O–H groups in total. The van der Waals surface area contributed by atoms with Gasteiger partial charge >= 0.3 is 0 Å².